The Morgan fingerprint density at radius 3 is 2.39 bits per heavy atom. The number of amides is 1. The van der Waals surface area contributed by atoms with Gasteiger partial charge in [0.15, 0.2) is 11.5 Å². The summed E-state index contributed by atoms with van der Waals surface area (Å²) in [6, 6.07) is 14.4. The van der Waals surface area contributed by atoms with Crippen LogP contribution in [0.2, 0.25) is 0 Å². The van der Waals surface area contributed by atoms with Gasteiger partial charge in [-0.1, -0.05) is 18.2 Å². The molecule has 2 aromatic carbocycles. The van der Waals surface area contributed by atoms with Crippen LogP contribution in [0.1, 0.15) is 43.6 Å². The number of carbonyl (C=O) groups excluding carboxylic acids is 1. The Kier molecular flexibility index (Phi) is 6.25. The third kappa shape index (κ3) is 4.14. The zero-order valence-corrected chi connectivity index (χ0v) is 17.4. The third-order valence-electron chi connectivity index (χ3n) is 5.21. The second kappa shape index (κ2) is 8.65. The normalized spacial score (nSPS) is 13.6. The van der Waals surface area contributed by atoms with Gasteiger partial charge in [-0.25, -0.2) is 0 Å². The maximum Gasteiger partial charge on any atom is 0.258 e. The van der Waals surface area contributed by atoms with Gasteiger partial charge >= 0.3 is 0 Å². The molecule has 0 aliphatic carbocycles. The van der Waals surface area contributed by atoms with Crippen LogP contribution >= 0.6 is 0 Å². The molecule has 0 unspecified atom stereocenters. The van der Waals surface area contributed by atoms with Crippen molar-refractivity contribution in [3.63, 3.8) is 0 Å². The fourth-order valence-electron chi connectivity index (χ4n) is 3.78. The van der Waals surface area contributed by atoms with Crippen LogP contribution in [-0.4, -0.2) is 43.2 Å². The van der Waals surface area contributed by atoms with E-state index in [9.17, 15) is 4.79 Å². The highest BCUT2D eigenvalue weighted by Gasteiger charge is 2.28. The first-order valence-electron chi connectivity index (χ1n) is 9.88. The molecule has 0 atom stereocenters. The Labute approximate surface area is 167 Å². The largest absolute Gasteiger partial charge is 0.493 e. The van der Waals surface area contributed by atoms with Crippen LogP contribution in [-0.2, 0) is 6.54 Å². The molecule has 0 fully saturated rings. The van der Waals surface area contributed by atoms with E-state index in [0.717, 1.165) is 23.4 Å². The van der Waals surface area contributed by atoms with Gasteiger partial charge < -0.3 is 14.4 Å². The van der Waals surface area contributed by atoms with Crippen molar-refractivity contribution in [2.45, 2.75) is 46.3 Å². The zero-order valence-electron chi connectivity index (χ0n) is 17.4. The van der Waals surface area contributed by atoms with Crippen LogP contribution in [0.15, 0.2) is 42.5 Å². The molecule has 0 saturated carbocycles. The Bertz CT molecular complexity index is 824. The molecule has 0 radical (unpaired) electrons. The smallest absolute Gasteiger partial charge is 0.258 e. The van der Waals surface area contributed by atoms with E-state index in [1.807, 2.05) is 42.5 Å². The fourth-order valence-corrected chi connectivity index (χ4v) is 3.78. The lowest BCUT2D eigenvalue weighted by Crippen LogP contribution is -2.39. The van der Waals surface area contributed by atoms with Gasteiger partial charge in [-0.15, -0.1) is 0 Å². The molecule has 0 aromatic heterocycles. The number of nitrogens with zero attached hydrogens (tertiary/aromatic N) is 2. The number of methoxy groups -OCH3 is 1. The van der Waals surface area contributed by atoms with E-state index in [2.05, 4.69) is 32.6 Å². The summed E-state index contributed by atoms with van der Waals surface area (Å²) >= 11 is 0. The zero-order chi connectivity index (χ0) is 20.3. The molecule has 0 bridgehead atoms. The summed E-state index contributed by atoms with van der Waals surface area (Å²) in [5.74, 6) is 1.36. The molecule has 1 aliphatic rings. The average Bonchev–Trinajstić information content (AvgIpc) is 3.01. The molecular weight excluding hydrogens is 352 g/mol. The number of benzene rings is 2. The van der Waals surface area contributed by atoms with Crippen LogP contribution in [0, 0.1) is 0 Å². The van der Waals surface area contributed by atoms with Gasteiger partial charge in [0.2, 0.25) is 0 Å². The summed E-state index contributed by atoms with van der Waals surface area (Å²) in [7, 11) is 1.63. The minimum atomic E-state index is 0.0239. The molecule has 3 rings (SSSR count). The van der Waals surface area contributed by atoms with Crippen molar-refractivity contribution in [1.29, 1.82) is 0 Å². The van der Waals surface area contributed by atoms with Gasteiger partial charge in [0.25, 0.3) is 5.91 Å². The first-order chi connectivity index (χ1) is 13.4. The van der Waals surface area contributed by atoms with Gasteiger partial charge in [0, 0.05) is 35.9 Å². The summed E-state index contributed by atoms with van der Waals surface area (Å²) in [5.41, 5.74) is 2.63. The van der Waals surface area contributed by atoms with Crippen LogP contribution < -0.4 is 14.4 Å². The minimum absolute atomic E-state index is 0.0239. The van der Waals surface area contributed by atoms with E-state index in [4.69, 9.17) is 9.47 Å². The predicted octanol–water partition coefficient (Wildman–Crippen LogP) is 4.35. The van der Waals surface area contributed by atoms with E-state index < -0.39 is 0 Å². The number of ether oxygens (including phenoxy) is 2. The predicted molar refractivity (Wildman–Crippen MR) is 112 cm³/mol. The summed E-state index contributed by atoms with van der Waals surface area (Å²) < 4.78 is 11.5. The quantitative estimate of drug-likeness (QED) is 0.681. The molecule has 1 heterocycles. The van der Waals surface area contributed by atoms with Crippen LogP contribution in [0.3, 0.4) is 0 Å². The number of fused-ring (bicyclic) bond motifs is 1. The highest BCUT2D eigenvalue weighted by atomic mass is 16.5. The van der Waals surface area contributed by atoms with Crippen LogP contribution in [0.25, 0.3) is 0 Å². The number of rotatable bonds is 8. The van der Waals surface area contributed by atoms with Crippen molar-refractivity contribution in [2.75, 3.05) is 25.2 Å². The summed E-state index contributed by atoms with van der Waals surface area (Å²) in [6.45, 7) is 10.8. The molecule has 0 spiro atoms. The first-order valence-corrected chi connectivity index (χ1v) is 9.88. The number of hydrogen-bond acceptors (Lipinski definition) is 4. The standard InChI is InChI=1S/C23H30N2O3/c1-16(2)24(17(3)4)12-13-28-21-11-10-19(14-22(21)27-5)25-15-18-8-6-7-9-20(18)23(25)26/h6-11,14,16-17H,12-13,15H2,1-5H3. The topological polar surface area (TPSA) is 42.0 Å². The number of carbonyl (C=O) groups is 1. The lowest BCUT2D eigenvalue weighted by molar-refractivity contribution is 0.0996. The monoisotopic (exact) mass is 382 g/mol. The third-order valence-corrected chi connectivity index (χ3v) is 5.21. The van der Waals surface area contributed by atoms with E-state index >= 15 is 0 Å². The molecule has 2 aromatic rings. The first kappa shape index (κ1) is 20.2. The van der Waals surface area contributed by atoms with E-state index in [0.29, 0.717) is 36.7 Å². The van der Waals surface area contributed by atoms with E-state index in [-0.39, 0.29) is 5.91 Å². The lowest BCUT2D eigenvalue weighted by Gasteiger charge is -2.30. The van der Waals surface area contributed by atoms with Gasteiger partial charge in [0.1, 0.15) is 6.61 Å². The highest BCUT2D eigenvalue weighted by Crippen LogP contribution is 2.35. The van der Waals surface area contributed by atoms with Crippen molar-refractivity contribution < 1.29 is 14.3 Å². The molecule has 0 N–H and O–H groups in total. The number of hydrogen-bond donors (Lipinski definition) is 0. The minimum Gasteiger partial charge on any atom is -0.493 e. The molecule has 5 heteroatoms. The molecule has 0 saturated heterocycles. The molecule has 1 amide bonds. The van der Waals surface area contributed by atoms with Gasteiger partial charge in [-0.05, 0) is 51.5 Å². The van der Waals surface area contributed by atoms with Crippen molar-refractivity contribution in [2.24, 2.45) is 0 Å². The molecule has 1 aliphatic heterocycles. The average molecular weight is 383 g/mol. The maximum absolute atomic E-state index is 12.7. The fraction of sp³-hybridized carbons (Fsp3) is 0.435. The van der Waals surface area contributed by atoms with Crippen molar-refractivity contribution in [1.82, 2.24) is 4.90 Å². The Morgan fingerprint density at radius 1 is 1.04 bits per heavy atom. The second-order valence-corrected chi connectivity index (χ2v) is 7.66. The van der Waals surface area contributed by atoms with Crippen LogP contribution in [0.4, 0.5) is 5.69 Å². The van der Waals surface area contributed by atoms with E-state index in [1.54, 1.807) is 12.0 Å². The molecule has 5 nitrogen and oxygen atoms in total. The Morgan fingerprint density at radius 2 is 1.75 bits per heavy atom. The second-order valence-electron chi connectivity index (χ2n) is 7.66. The summed E-state index contributed by atoms with van der Waals surface area (Å²) in [5, 5.41) is 0. The highest BCUT2D eigenvalue weighted by molar-refractivity contribution is 6.10. The van der Waals surface area contributed by atoms with Crippen molar-refractivity contribution >= 4 is 11.6 Å². The number of anilines is 1. The summed E-state index contributed by atoms with van der Waals surface area (Å²) in [4.78, 5) is 16.9. The van der Waals surface area contributed by atoms with Crippen LogP contribution in [0.5, 0.6) is 11.5 Å². The molecule has 150 valence electrons. The summed E-state index contributed by atoms with van der Waals surface area (Å²) in [6.07, 6.45) is 0. The van der Waals surface area contributed by atoms with Gasteiger partial charge in [-0.3, -0.25) is 9.69 Å². The molecular formula is C23H30N2O3. The maximum atomic E-state index is 12.7. The Hall–Kier alpha value is -2.53. The van der Waals surface area contributed by atoms with Gasteiger partial charge in [0.05, 0.1) is 13.7 Å². The van der Waals surface area contributed by atoms with E-state index in [1.165, 1.54) is 0 Å². The van der Waals surface area contributed by atoms with Crippen molar-refractivity contribution in [3.05, 3.63) is 53.6 Å². The van der Waals surface area contributed by atoms with Crippen molar-refractivity contribution in [3.8, 4) is 11.5 Å². The lowest BCUT2D eigenvalue weighted by atomic mass is 10.1. The molecule has 28 heavy (non-hydrogen) atoms. The Balaban J connectivity index is 1.70. The SMILES string of the molecule is COc1cc(N2Cc3ccccc3C2=O)ccc1OCCN(C(C)C)C(C)C. The van der Waals surface area contributed by atoms with Gasteiger partial charge in [-0.2, -0.15) is 0 Å².